The van der Waals surface area contributed by atoms with Crippen LogP contribution >= 0.6 is 0 Å². The van der Waals surface area contributed by atoms with Gasteiger partial charge in [0, 0.05) is 25.6 Å². The van der Waals surface area contributed by atoms with Gasteiger partial charge in [-0.2, -0.15) is 0 Å². The molecule has 0 radical (unpaired) electrons. The molecule has 4 rings (SSSR count). The van der Waals surface area contributed by atoms with Crippen molar-refractivity contribution >= 4 is 11.7 Å². The number of methoxy groups -OCH3 is 1. The number of rotatable bonds is 5. The first-order valence-electron chi connectivity index (χ1n) is 8.30. The van der Waals surface area contributed by atoms with Crippen molar-refractivity contribution in [1.82, 2.24) is 15.3 Å². The normalized spacial score (nSPS) is 29.4. The summed E-state index contributed by atoms with van der Waals surface area (Å²) in [6.45, 7) is 1.67. The summed E-state index contributed by atoms with van der Waals surface area (Å²) in [5.41, 5.74) is 0. The smallest absolute Gasteiger partial charge is 0.249 e. The Kier molecular flexibility index (Phi) is 3.80. The van der Waals surface area contributed by atoms with Crippen LogP contribution in [0.2, 0.25) is 0 Å². The van der Waals surface area contributed by atoms with E-state index in [1.165, 1.54) is 19.2 Å². The van der Waals surface area contributed by atoms with Crippen molar-refractivity contribution in [2.45, 2.75) is 43.9 Å². The first-order chi connectivity index (χ1) is 11.2. The zero-order chi connectivity index (χ0) is 15.8. The average molecular weight is 318 g/mol. The van der Waals surface area contributed by atoms with Gasteiger partial charge in [0.25, 0.3) is 0 Å². The van der Waals surface area contributed by atoms with E-state index in [1.807, 2.05) is 6.07 Å². The van der Waals surface area contributed by atoms with Crippen molar-refractivity contribution in [1.29, 1.82) is 0 Å². The van der Waals surface area contributed by atoms with E-state index in [0.29, 0.717) is 18.2 Å². The lowest BCUT2D eigenvalue weighted by molar-refractivity contribution is -0.132. The number of amides is 1. The lowest BCUT2D eigenvalue weighted by Crippen LogP contribution is -2.37. The summed E-state index contributed by atoms with van der Waals surface area (Å²) < 4.78 is 11.2. The number of hydrogen-bond acceptors (Lipinski definition) is 6. The van der Waals surface area contributed by atoms with Crippen LogP contribution in [0.5, 0.6) is 5.88 Å². The van der Waals surface area contributed by atoms with Gasteiger partial charge in [-0.25, -0.2) is 9.97 Å². The fraction of sp³-hybridized carbons (Fsp3) is 0.688. The molecule has 0 aromatic carbocycles. The van der Waals surface area contributed by atoms with Crippen molar-refractivity contribution in [2.24, 2.45) is 5.92 Å². The molecule has 1 aromatic heterocycles. The van der Waals surface area contributed by atoms with Crippen LogP contribution in [0.15, 0.2) is 12.4 Å². The Morgan fingerprint density at radius 2 is 2.30 bits per heavy atom. The van der Waals surface area contributed by atoms with Gasteiger partial charge in [0.1, 0.15) is 18.2 Å². The molecule has 0 bridgehead atoms. The van der Waals surface area contributed by atoms with Gasteiger partial charge < -0.3 is 19.7 Å². The highest BCUT2D eigenvalue weighted by molar-refractivity contribution is 5.81. The van der Waals surface area contributed by atoms with Gasteiger partial charge in [-0.05, 0) is 25.2 Å². The van der Waals surface area contributed by atoms with Gasteiger partial charge in [-0.3, -0.25) is 4.79 Å². The van der Waals surface area contributed by atoms with E-state index in [1.54, 1.807) is 7.11 Å². The number of fused-ring (bicyclic) bond motifs is 1. The molecule has 0 spiro atoms. The molecule has 7 nitrogen and oxygen atoms in total. The Labute approximate surface area is 135 Å². The largest absolute Gasteiger partial charge is 0.481 e. The molecule has 1 N–H and O–H groups in total. The van der Waals surface area contributed by atoms with E-state index in [4.69, 9.17) is 9.47 Å². The highest BCUT2D eigenvalue weighted by atomic mass is 16.5. The van der Waals surface area contributed by atoms with Crippen molar-refractivity contribution in [3.63, 3.8) is 0 Å². The van der Waals surface area contributed by atoms with Gasteiger partial charge >= 0.3 is 0 Å². The Hall–Kier alpha value is -1.89. The SMILES string of the molecule is COc1cc(N2CC[C@@H]3O[C@H](C(=O)NCC4CC4)C[C@@H]32)ncn1. The molecule has 1 aliphatic carbocycles. The lowest BCUT2D eigenvalue weighted by Gasteiger charge is -2.24. The third kappa shape index (κ3) is 2.97. The maximum absolute atomic E-state index is 12.3. The third-order valence-electron chi connectivity index (χ3n) is 4.96. The molecule has 3 aliphatic rings. The van der Waals surface area contributed by atoms with Gasteiger partial charge in [0.15, 0.2) is 0 Å². The molecule has 3 heterocycles. The summed E-state index contributed by atoms with van der Waals surface area (Å²) in [7, 11) is 1.60. The average Bonchev–Trinajstić information content (AvgIpc) is 3.18. The number of nitrogens with zero attached hydrogens (tertiary/aromatic N) is 3. The molecule has 2 aliphatic heterocycles. The minimum absolute atomic E-state index is 0.0338. The summed E-state index contributed by atoms with van der Waals surface area (Å²) in [5, 5.41) is 3.02. The van der Waals surface area contributed by atoms with E-state index in [2.05, 4.69) is 20.2 Å². The number of carbonyl (C=O) groups is 1. The zero-order valence-electron chi connectivity index (χ0n) is 13.3. The molecule has 7 heteroatoms. The van der Waals surface area contributed by atoms with Crippen LogP contribution in [0, 0.1) is 5.92 Å². The van der Waals surface area contributed by atoms with Gasteiger partial charge in [-0.1, -0.05) is 0 Å². The van der Waals surface area contributed by atoms with Crippen LogP contribution in [0.25, 0.3) is 0 Å². The van der Waals surface area contributed by atoms with E-state index in [9.17, 15) is 4.79 Å². The zero-order valence-corrected chi connectivity index (χ0v) is 13.3. The monoisotopic (exact) mass is 318 g/mol. The molecule has 1 amide bonds. The first-order valence-corrected chi connectivity index (χ1v) is 8.30. The van der Waals surface area contributed by atoms with Crippen molar-refractivity contribution in [2.75, 3.05) is 25.1 Å². The minimum atomic E-state index is -0.338. The number of hydrogen-bond donors (Lipinski definition) is 1. The minimum Gasteiger partial charge on any atom is -0.481 e. The van der Waals surface area contributed by atoms with Crippen molar-refractivity contribution < 1.29 is 14.3 Å². The fourth-order valence-corrected chi connectivity index (χ4v) is 3.48. The topological polar surface area (TPSA) is 76.6 Å². The van der Waals surface area contributed by atoms with Crippen LogP contribution in [-0.2, 0) is 9.53 Å². The Morgan fingerprint density at radius 1 is 1.43 bits per heavy atom. The molecular formula is C16H22N4O3. The van der Waals surface area contributed by atoms with E-state index in [0.717, 1.165) is 25.3 Å². The van der Waals surface area contributed by atoms with Gasteiger partial charge in [0.2, 0.25) is 11.8 Å². The van der Waals surface area contributed by atoms with Gasteiger partial charge in [-0.15, -0.1) is 0 Å². The van der Waals surface area contributed by atoms with Crippen LogP contribution in [0.1, 0.15) is 25.7 Å². The summed E-state index contributed by atoms with van der Waals surface area (Å²) in [6.07, 6.45) is 5.39. The Morgan fingerprint density at radius 3 is 3.09 bits per heavy atom. The molecule has 1 aromatic rings. The second kappa shape index (κ2) is 5.96. The standard InChI is InChI=1S/C16H22N4O3/c1-22-15-7-14(18-9-19-15)20-5-4-12-11(20)6-13(23-12)16(21)17-8-10-2-3-10/h7,9-13H,2-6,8H2,1H3,(H,17,21)/t11-,12-,13-/m0/s1. The number of nitrogens with one attached hydrogen (secondary N) is 1. The number of aromatic nitrogens is 2. The van der Waals surface area contributed by atoms with Crippen LogP contribution in [-0.4, -0.2) is 54.3 Å². The Bertz CT molecular complexity index is 592. The van der Waals surface area contributed by atoms with E-state index >= 15 is 0 Å². The lowest BCUT2D eigenvalue weighted by atomic mass is 10.1. The molecule has 0 unspecified atom stereocenters. The maximum Gasteiger partial charge on any atom is 0.249 e. The first kappa shape index (κ1) is 14.7. The van der Waals surface area contributed by atoms with Crippen LogP contribution < -0.4 is 15.0 Å². The predicted molar refractivity (Wildman–Crippen MR) is 83.3 cm³/mol. The van der Waals surface area contributed by atoms with Crippen molar-refractivity contribution in [3.05, 3.63) is 12.4 Å². The summed E-state index contributed by atoms with van der Waals surface area (Å²) in [4.78, 5) is 22.9. The second-order valence-electron chi connectivity index (χ2n) is 6.56. The fourth-order valence-electron chi connectivity index (χ4n) is 3.48. The van der Waals surface area contributed by atoms with Crippen molar-refractivity contribution in [3.8, 4) is 5.88 Å². The number of ether oxygens (including phenoxy) is 2. The molecule has 3 atom stereocenters. The highest BCUT2D eigenvalue weighted by Gasteiger charge is 2.46. The van der Waals surface area contributed by atoms with Crippen LogP contribution in [0.4, 0.5) is 5.82 Å². The Balaban J connectivity index is 1.41. The summed E-state index contributed by atoms with van der Waals surface area (Å²) >= 11 is 0. The predicted octanol–water partition coefficient (Wildman–Crippen LogP) is 0.748. The molecule has 3 fully saturated rings. The molecule has 124 valence electrons. The molecule has 23 heavy (non-hydrogen) atoms. The van der Waals surface area contributed by atoms with Crippen LogP contribution in [0.3, 0.4) is 0 Å². The second-order valence-corrected chi connectivity index (χ2v) is 6.56. The summed E-state index contributed by atoms with van der Waals surface area (Å²) in [5.74, 6) is 2.11. The quantitative estimate of drug-likeness (QED) is 0.863. The molecule has 1 saturated carbocycles. The van der Waals surface area contributed by atoms with E-state index in [-0.39, 0.29) is 24.2 Å². The van der Waals surface area contributed by atoms with E-state index < -0.39 is 0 Å². The molecule has 2 saturated heterocycles. The highest BCUT2D eigenvalue weighted by Crippen LogP contribution is 2.36. The van der Waals surface area contributed by atoms with Gasteiger partial charge in [0.05, 0.1) is 19.3 Å². The maximum atomic E-state index is 12.3. The number of anilines is 1. The summed E-state index contributed by atoms with van der Waals surface area (Å²) in [6, 6.07) is 2.04. The number of carbonyl (C=O) groups excluding carboxylic acids is 1. The third-order valence-corrected chi connectivity index (χ3v) is 4.96. The molecular weight excluding hydrogens is 296 g/mol.